The van der Waals surface area contributed by atoms with Crippen molar-refractivity contribution in [3.63, 3.8) is 0 Å². The Morgan fingerprint density at radius 1 is 1.05 bits per heavy atom. The fraction of sp³-hybridized carbons (Fsp3) is 0.294. The molecular formula is C17H20BrNO. The molecule has 2 N–H and O–H groups in total. The van der Waals surface area contributed by atoms with E-state index in [0.29, 0.717) is 0 Å². The standard InChI is InChI=1S/C17H20BrNO/c1-11-9-14(17(2,3)4)16(15(18)10-11)20-13-7-5-12(19)6-8-13/h5-10H,19H2,1-4H3. The Labute approximate surface area is 129 Å². The molecule has 0 aromatic heterocycles. The average molecular weight is 334 g/mol. The number of anilines is 1. The van der Waals surface area contributed by atoms with Crippen LogP contribution < -0.4 is 10.5 Å². The lowest BCUT2D eigenvalue weighted by Crippen LogP contribution is -2.13. The first-order valence-corrected chi connectivity index (χ1v) is 7.40. The molecule has 0 heterocycles. The predicted octanol–water partition coefficient (Wildman–Crippen LogP) is 5.43. The van der Waals surface area contributed by atoms with Crippen molar-refractivity contribution in [3.05, 3.63) is 52.0 Å². The minimum absolute atomic E-state index is 0.0116. The average Bonchev–Trinajstić information content (AvgIpc) is 2.33. The van der Waals surface area contributed by atoms with E-state index in [1.165, 1.54) is 11.1 Å². The minimum Gasteiger partial charge on any atom is -0.456 e. The first-order chi connectivity index (χ1) is 9.27. The first-order valence-electron chi connectivity index (χ1n) is 6.61. The maximum atomic E-state index is 6.07. The van der Waals surface area contributed by atoms with Crippen molar-refractivity contribution in [1.29, 1.82) is 0 Å². The summed E-state index contributed by atoms with van der Waals surface area (Å²) in [5.74, 6) is 1.65. The summed E-state index contributed by atoms with van der Waals surface area (Å²) >= 11 is 3.61. The van der Waals surface area contributed by atoms with Gasteiger partial charge < -0.3 is 10.5 Å². The molecule has 0 saturated carbocycles. The maximum absolute atomic E-state index is 6.07. The molecule has 0 unspecified atom stereocenters. The van der Waals surface area contributed by atoms with Gasteiger partial charge in [0, 0.05) is 11.3 Å². The maximum Gasteiger partial charge on any atom is 0.145 e. The molecule has 2 nitrogen and oxygen atoms in total. The first kappa shape index (κ1) is 14.9. The summed E-state index contributed by atoms with van der Waals surface area (Å²) < 4.78 is 7.05. The molecule has 0 radical (unpaired) electrons. The normalized spacial score (nSPS) is 11.4. The summed E-state index contributed by atoms with van der Waals surface area (Å²) in [4.78, 5) is 0. The number of ether oxygens (including phenoxy) is 1. The molecule has 0 aliphatic heterocycles. The van der Waals surface area contributed by atoms with Crippen LogP contribution in [0.4, 0.5) is 5.69 Å². The van der Waals surface area contributed by atoms with E-state index in [2.05, 4.69) is 55.8 Å². The molecule has 0 saturated heterocycles. The summed E-state index contributed by atoms with van der Waals surface area (Å²) in [5.41, 5.74) is 8.84. The van der Waals surface area contributed by atoms with Gasteiger partial charge in [-0.15, -0.1) is 0 Å². The monoisotopic (exact) mass is 333 g/mol. The lowest BCUT2D eigenvalue weighted by Gasteiger charge is -2.24. The molecule has 0 atom stereocenters. The summed E-state index contributed by atoms with van der Waals surface area (Å²) in [6.45, 7) is 8.64. The quantitative estimate of drug-likeness (QED) is 0.743. The molecule has 2 aromatic carbocycles. The van der Waals surface area contributed by atoms with Gasteiger partial charge >= 0.3 is 0 Å². The van der Waals surface area contributed by atoms with Crippen molar-refractivity contribution >= 4 is 21.6 Å². The van der Waals surface area contributed by atoms with Crippen LogP contribution in [0.15, 0.2) is 40.9 Å². The lowest BCUT2D eigenvalue weighted by atomic mass is 9.85. The van der Waals surface area contributed by atoms with Gasteiger partial charge in [-0.2, -0.15) is 0 Å². The molecular weight excluding hydrogens is 314 g/mol. The SMILES string of the molecule is Cc1cc(Br)c(Oc2ccc(N)cc2)c(C(C)(C)C)c1. The zero-order chi connectivity index (χ0) is 14.9. The van der Waals surface area contributed by atoms with Gasteiger partial charge in [-0.3, -0.25) is 0 Å². The molecule has 0 bridgehead atoms. The molecule has 0 amide bonds. The minimum atomic E-state index is 0.0116. The van der Waals surface area contributed by atoms with Gasteiger partial charge in [0.1, 0.15) is 11.5 Å². The van der Waals surface area contributed by atoms with E-state index in [-0.39, 0.29) is 5.41 Å². The molecule has 0 aliphatic rings. The van der Waals surface area contributed by atoms with Crippen LogP contribution >= 0.6 is 15.9 Å². The lowest BCUT2D eigenvalue weighted by molar-refractivity contribution is 0.452. The van der Waals surface area contributed by atoms with E-state index < -0.39 is 0 Å². The van der Waals surface area contributed by atoms with Gasteiger partial charge in [-0.25, -0.2) is 0 Å². The van der Waals surface area contributed by atoms with Crippen molar-refractivity contribution < 1.29 is 4.74 Å². The number of hydrogen-bond donors (Lipinski definition) is 1. The number of aryl methyl sites for hydroxylation is 1. The van der Waals surface area contributed by atoms with Crippen molar-refractivity contribution in [2.24, 2.45) is 0 Å². The highest BCUT2D eigenvalue weighted by atomic mass is 79.9. The van der Waals surface area contributed by atoms with Crippen molar-refractivity contribution in [3.8, 4) is 11.5 Å². The Morgan fingerprint density at radius 3 is 2.20 bits per heavy atom. The van der Waals surface area contributed by atoms with E-state index >= 15 is 0 Å². The molecule has 0 aliphatic carbocycles. The number of hydrogen-bond acceptors (Lipinski definition) is 2. The Morgan fingerprint density at radius 2 is 1.65 bits per heavy atom. The van der Waals surface area contributed by atoms with Crippen LogP contribution in [0.3, 0.4) is 0 Å². The summed E-state index contributed by atoms with van der Waals surface area (Å²) in [5, 5.41) is 0. The van der Waals surface area contributed by atoms with Crippen LogP contribution in [0.1, 0.15) is 31.9 Å². The molecule has 106 valence electrons. The van der Waals surface area contributed by atoms with E-state index in [9.17, 15) is 0 Å². The Balaban J connectivity index is 2.47. The van der Waals surface area contributed by atoms with Crippen molar-refractivity contribution in [2.45, 2.75) is 33.1 Å². The zero-order valence-electron chi connectivity index (χ0n) is 12.3. The van der Waals surface area contributed by atoms with Gasteiger partial charge in [0.15, 0.2) is 0 Å². The largest absolute Gasteiger partial charge is 0.456 e. The van der Waals surface area contributed by atoms with Crippen molar-refractivity contribution in [1.82, 2.24) is 0 Å². The molecule has 2 aromatic rings. The highest BCUT2D eigenvalue weighted by molar-refractivity contribution is 9.10. The third kappa shape index (κ3) is 3.34. The Kier molecular flexibility index (Phi) is 4.09. The number of nitrogen functional groups attached to an aromatic ring is 1. The Hall–Kier alpha value is -1.48. The molecule has 0 spiro atoms. The van der Waals surface area contributed by atoms with Crippen LogP contribution in [-0.4, -0.2) is 0 Å². The fourth-order valence-electron chi connectivity index (χ4n) is 2.04. The van der Waals surface area contributed by atoms with E-state index in [1.807, 2.05) is 24.3 Å². The van der Waals surface area contributed by atoms with Gasteiger partial charge in [-0.05, 0) is 64.2 Å². The van der Waals surface area contributed by atoms with E-state index in [0.717, 1.165) is 21.7 Å². The number of nitrogens with two attached hydrogens (primary N) is 1. The molecule has 3 heteroatoms. The zero-order valence-corrected chi connectivity index (χ0v) is 13.9. The second-order valence-corrected chi connectivity index (χ2v) is 6.90. The van der Waals surface area contributed by atoms with Gasteiger partial charge in [0.2, 0.25) is 0 Å². The molecule has 2 rings (SSSR count). The Bertz CT molecular complexity index is 612. The van der Waals surface area contributed by atoms with Crippen LogP contribution in [0.25, 0.3) is 0 Å². The smallest absolute Gasteiger partial charge is 0.145 e. The van der Waals surface area contributed by atoms with E-state index in [1.54, 1.807) is 0 Å². The molecule has 0 fully saturated rings. The van der Waals surface area contributed by atoms with Gasteiger partial charge in [0.25, 0.3) is 0 Å². The summed E-state index contributed by atoms with van der Waals surface area (Å²) in [6, 6.07) is 11.7. The highest BCUT2D eigenvalue weighted by Crippen LogP contribution is 2.40. The number of halogens is 1. The third-order valence-electron chi connectivity index (χ3n) is 3.10. The summed E-state index contributed by atoms with van der Waals surface area (Å²) in [6.07, 6.45) is 0. The molecule has 20 heavy (non-hydrogen) atoms. The second-order valence-electron chi connectivity index (χ2n) is 6.04. The van der Waals surface area contributed by atoms with Crippen LogP contribution in [0.2, 0.25) is 0 Å². The third-order valence-corrected chi connectivity index (χ3v) is 3.69. The van der Waals surface area contributed by atoms with Gasteiger partial charge in [0.05, 0.1) is 4.47 Å². The van der Waals surface area contributed by atoms with E-state index in [4.69, 9.17) is 10.5 Å². The number of benzene rings is 2. The van der Waals surface area contributed by atoms with Crippen LogP contribution in [-0.2, 0) is 5.41 Å². The number of rotatable bonds is 2. The van der Waals surface area contributed by atoms with Gasteiger partial charge in [-0.1, -0.05) is 26.8 Å². The second kappa shape index (κ2) is 5.49. The van der Waals surface area contributed by atoms with Crippen molar-refractivity contribution in [2.75, 3.05) is 5.73 Å². The summed E-state index contributed by atoms with van der Waals surface area (Å²) in [7, 11) is 0. The van der Waals surface area contributed by atoms with Crippen LogP contribution in [0.5, 0.6) is 11.5 Å². The highest BCUT2D eigenvalue weighted by Gasteiger charge is 2.22. The fourth-order valence-corrected chi connectivity index (χ4v) is 2.70. The predicted molar refractivity (Wildman–Crippen MR) is 88.5 cm³/mol. The topological polar surface area (TPSA) is 35.2 Å². The van der Waals surface area contributed by atoms with Crippen LogP contribution in [0, 0.1) is 6.92 Å².